The van der Waals surface area contributed by atoms with Crippen molar-refractivity contribution in [3.63, 3.8) is 0 Å². The highest BCUT2D eigenvalue weighted by atomic mass is 35.5. The summed E-state index contributed by atoms with van der Waals surface area (Å²) in [6.45, 7) is 0.766. The fourth-order valence-electron chi connectivity index (χ4n) is 1.70. The van der Waals surface area contributed by atoms with Crippen molar-refractivity contribution in [3.05, 3.63) is 63.2 Å². The molecule has 0 heterocycles. The molecule has 0 aliphatic rings. The largest absolute Gasteiger partial charge is 0.316 e. The van der Waals surface area contributed by atoms with Crippen LogP contribution in [-0.4, -0.2) is 12.0 Å². The molecule has 6 heteroatoms. The van der Waals surface area contributed by atoms with Crippen LogP contribution in [0.15, 0.2) is 52.3 Å². The van der Waals surface area contributed by atoms with Crippen LogP contribution < -0.4 is 5.32 Å². The minimum Gasteiger partial charge on any atom is -0.316 e. The molecule has 0 spiro atoms. The van der Waals surface area contributed by atoms with E-state index in [0.29, 0.717) is 5.02 Å². The highest BCUT2D eigenvalue weighted by Gasteiger charge is 2.07. The molecule has 0 fully saturated rings. The molecule has 0 unspecified atom stereocenters. The van der Waals surface area contributed by atoms with E-state index in [4.69, 9.17) is 11.6 Å². The molecule has 0 aromatic heterocycles. The van der Waals surface area contributed by atoms with Gasteiger partial charge in [0.05, 0.1) is 9.95 Å². The Balaban J connectivity index is 2.15. The Labute approximate surface area is 126 Å². The van der Waals surface area contributed by atoms with Crippen LogP contribution in [0.25, 0.3) is 0 Å². The van der Waals surface area contributed by atoms with Gasteiger partial charge in [-0.25, -0.2) is 0 Å². The maximum absolute atomic E-state index is 10.6. The summed E-state index contributed by atoms with van der Waals surface area (Å²) in [6.07, 6.45) is 0. The lowest BCUT2D eigenvalue weighted by Crippen LogP contribution is -2.04. The van der Waals surface area contributed by atoms with Crippen molar-refractivity contribution in [1.29, 1.82) is 0 Å². The van der Waals surface area contributed by atoms with Gasteiger partial charge in [-0.3, -0.25) is 10.1 Å². The van der Waals surface area contributed by atoms with Gasteiger partial charge in [0.15, 0.2) is 0 Å². The second-order valence-electron chi connectivity index (χ2n) is 4.15. The third kappa shape index (κ3) is 3.72. The number of halogens is 1. The molecular formula is C14H13ClN2O2S. The molecular weight excluding hydrogens is 296 g/mol. The summed E-state index contributed by atoms with van der Waals surface area (Å²) in [5.74, 6) is 0. The average Bonchev–Trinajstić information content (AvgIpc) is 2.43. The SMILES string of the molecule is CNCc1ccc(Sc2ccc([N+](=O)[O-])cc2)c(Cl)c1. The highest BCUT2D eigenvalue weighted by Crippen LogP contribution is 2.34. The van der Waals surface area contributed by atoms with Gasteiger partial charge in [0.1, 0.15) is 0 Å². The van der Waals surface area contributed by atoms with E-state index in [1.165, 1.54) is 23.9 Å². The smallest absolute Gasteiger partial charge is 0.269 e. The van der Waals surface area contributed by atoms with Gasteiger partial charge in [-0.15, -0.1) is 0 Å². The Kier molecular flexibility index (Phi) is 5.00. The van der Waals surface area contributed by atoms with Crippen molar-refractivity contribution in [2.24, 2.45) is 0 Å². The fraction of sp³-hybridized carbons (Fsp3) is 0.143. The summed E-state index contributed by atoms with van der Waals surface area (Å²) in [6, 6.07) is 12.3. The fourth-order valence-corrected chi connectivity index (χ4v) is 2.84. The molecule has 2 rings (SSSR count). The van der Waals surface area contributed by atoms with Gasteiger partial charge < -0.3 is 5.32 Å². The first kappa shape index (κ1) is 14.8. The monoisotopic (exact) mass is 308 g/mol. The summed E-state index contributed by atoms with van der Waals surface area (Å²) in [4.78, 5) is 12.0. The summed E-state index contributed by atoms with van der Waals surface area (Å²) >= 11 is 7.73. The lowest BCUT2D eigenvalue weighted by molar-refractivity contribution is -0.384. The first-order valence-corrected chi connectivity index (χ1v) is 7.15. The van der Waals surface area contributed by atoms with Crippen molar-refractivity contribution in [2.45, 2.75) is 16.3 Å². The van der Waals surface area contributed by atoms with Gasteiger partial charge in [0, 0.05) is 28.5 Å². The van der Waals surface area contributed by atoms with E-state index in [-0.39, 0.29) is 5.69 Å². The topological polar surface area (TPSA) is 55.2 Å². The first-order valence-electron chi connectivity index (χ1n) is 5.95. The zero-order valence-electron chi connectivity index (χ0n) is 10.8. The van der Waals surface area contributed by atoms with Crippen molar-refractivity contribution in [2.75, 3.05) is 7.05 Å². The van der Waals surface area contributed by atoms with Gasteiger partial charge in [0.2, 0.25) is 0 Å². The van der Waals surface area contributed by atoms with Crippen molar-refractivity contribution in [1.82, 2.24) is 5.32 Å². The van der Waals surface area contributed by atoms with E-state index in [0.717, 1.165) is 21.9 Å². The Bertz CT molecular complexity index is 617. The van der Waals surface area contributed by atoms with Gasteiger partial charge in [-0.1, -0.05) is 29.4 Å². The van der Waals surface area contributed by atoms with E-state index in [9.17, 15) is 10.1 Å². The second kappa shape index (κ2) is 6.74. The predicted molar refractivity (Wildman–Crippen MR) is 81.4 cm³/mol. The molecule has 0 atom stereocenters. The Morgan fingerprint density at radius 1 is 1.25 bits per heavy atom. The molecule has 104 valence electrons. The van der Waals surface area contributed by atoms with Gasteiger partial charge in [-0.05, 0) is 36.9 Å². The zero-order valence-corrected chi connectivity index (χ0v) is 12.4. The van der Waals surface area contributed by atoms with E-state index in [1.807, 2.05) is 25.2 Å². The van der Waals surface area contributed by atoms with Crippen LogP contribution in [0.1, 0.15) is 5.56 Å². The molecule has 0 saturated heterocycles. The Hall–Kier alpha value is -1.56. The lowest BCUT2D eigenvalue weighted by Gasteiger charge is -2.07. The molecule has 0 radical (unpaired) electrons. The molecule has 0 aliphatic heterocycles. The minimum absolute atomic E-state index is 0.0878. The molecule has 0 amide bonds. The highest BCUT2D eigenvalue weighted by molar-refractivity contribution is 7.99. The quantitative estimate of drug-likeness (QED) is 0.667. The van der Waals surface area contributed by atoms with Gasteiger partial charge >= 0.3 is 0 Å². The van der Waals surface area contributed by atoms with Crippen LogP contribution in [-0.2, 0) is 6.54 Å². The number of benzene rings is 2. The summed E-state index contributed by atoms with van der Waals surface area (Å²) in [5.41, 5.74) is 1.20. The number of nitro benzene ring substituents is 1. The van der Waals surface area contributed by atoms with Gasteiger partial charge in [0.25, 0.3) is 5.69 Å². The summed E-state index contributed by atoms with van der Waals surface area (Å²) < 4.78 is 0. The van der Waals surface area contributed by atoms with Crippen molar-refractivity contribution >= 4 is 29.1 Å². The molecule has 4 nitrogen and oxygen atoms in total. The van der Waals surface area contributed by atoms with Crippen LogP contribution in [0.3, 0.4) is 0 Å². The Morgan fingerprint density at radius 3 is 2.50 bits per heavy atom. The normalized spacial score (nSPS) is 10.5. The van der Waals surface area contributed by atoms with E-state index >= 15 is 0 Å². The number of hydrogen-bond acceptors (Lipinski definition) is 4. The summed E-state index contributed by atoms with van der Waals surface area (Å²) in [5, 5.41) is 14.3. The van der Waals surface area contributed by atoms with Crippen molar-refractivity contribution < 1.29 is 4.92 Å². The van der Waals surface area contributed by atoms with E-state index < -0.39 is 4.92 Å². The number of rotatable bonds is 5. The number of nitrogens with zero attached hydrogens (tertiary/aromatic N) is 1. The third-order valence-electron chi connectivity index (χ3n) is 2.65. The van der Waals surface area contributed by atoms with E-state index in [1.54, 1.807) is 12.1 Å². The molecule has 0 saturated carbocycles. The first-order chi connectivity index (χ1) is 9.60. The number of nitro groups is 1. The van der Waals surface area contributed by atoms with Crippen molar-refractivity contribution in [3.8, 4) is 0 Å². The van der Waals surface area contributed by atoms with Crippen LogP contribution in [0.5, 0.6) is 0 Å². The Morgan fingerprint density at radius 2 is 1.95 bits per heavy atom. The molecule has 1 N–H and O–H groups in total. The zero-order chi connectivity index (χ0) is 14.5. The van der Waals surface area contributed by atoms with Crippen LogP contribution >= 0.6 is 23.4 Å². The number of nitrogens with one attached hydrogen (secondary N) is 1. The lowest BCUT2D eigenvalue weighted by atomic mass is 10.2. The van der Waals surface area contributed by atoms with Crippen LogP contribution in [0.4, 0.5) is 5.69 Å². The van der Waals surface area contributed by atoms with Gasteiger partial charge in [-0.2, -0.15) is 0 Å². The average molecular weight is 309 g/mol. The molecule has 0 aliphatic carbocycles. The number of hydrogen-bond donors (Lipinski definition) is 1. The van der Waals surface area contributed by atoms with E-state index in [2.05, 4.69) is 5.32 Å². The molecule has 2 aromatic rings. The molecule has 2 aromatic carbocycles. The third-order valence-corrected chi connectivity index (χ3v) is 4.16. The predicted octanol–water partition coefficient (Wildman–Crippen LogP) is 4.12. The van der Waals surface area contributed by atoms with Crippen LogP contribution in [0, 0.1) is 10.1 Å². The number of non-ortho nitro benzene ring substituents is 1. The minimum atomic E-state index is -0.409. The molecule has 0 bridgehead atoms. The molecule has 20 heavy (non-hydrogen) atoms. The maximum Gasteiger partial charge on any atom is 0.269 e. The van der Waals surface area contributed by atoms with Crippen LogP contribution in [0.2, 0.25) is 5.02 Å². The summed E-state index contributed by atoms with van der Waals surface area (Å²) in [7, 11) is 1.88. The second-order valence-corrected chi connectivity index (χ2v) is 5.67. The maximum atomic E-state index is 10.6. The standard InChI is InChI=1S/C14H13ClN2O2S/c1-16-9-10-2-7-14(13(15)8-10)20-12-5-3-11(4-6-12)17(18)19/h2-8,16H,9H2,1H3.